The summed E-state index contributed by atoms with van der Waals surface area (Å²) in [5, 5.41) is 13.2. The van der Waals surface area contributed by atoms with E-state index in [1.54, 1.807) is 68.7 Å². The molecule has 83 heavy (non-hydrogen) atoms. The van der Waals surface area contributed by atoms with Crippen LogP contribution in [-0.2, 0) is 49.5 Å². The van der Waals surface area contributed by atoms with Gasteiger partial charge in [-0.2, -0.15) is 0 Å². The van der Waals surface area contributed by atoms with Gasteiger partial charge >= 0.3 is 30.2 Å². The molecule has 2 aliphatic rings. The summed E-state index contributed by atoms with van der Waals surface area (Å²) in [7, 11) is 2.79. The molecule has 4 unspecified atom stereocenters. The van der Waals surface area contributed by atoms with Gasteiger partial charge in [0.05, 0.1) is 62.0 Å². The second-order valence-electron chi connectivity index (χ2n) is 20.8. The van der Waals surface area contributed by atoms with E-state index in [1.807, 2.05) is 0 Å². The third-order valence-electron chi connectivity index (χ3n) is 12.9. The van der Waals surface area contributed by atoms with Crippen LogP contribution >= 0.6 is 0 Å². The molecule has 4 atom stereocenters. The lowest BCUT2D eigenvalue weighted by Crippen LogP contribution is -2.53. The lowest BCUT2D eigenvalue weighted by Gasteiger charge is -2.26. The minimum Gasteiger partial charge on any atom is -0.493 e. The van der Waals surface area contributed by atoms with Gasteiger partial charge in [-0.25, -0.2) is 14.4 Å². The van der Waals surface area contributed by atoms with Crippen LogP contribution in [0.5, 0.6) is 23.0 Å². The molecule has 2 saturated heterocycles. The van der Waals surface area contributed by atoms with Crippen LogP contribution in [0.3, 0.4) is 0 Å². The lowest BCUT2D eigenvalue weighted by atomic mass is 10.0. The average Bonchev–Trinajstić information content (AvgIpc) is 4.06. The second kappa shape index (κ2) is 30.9. The maximum absolute atomic E-state index is 14.3. The molecule has 0 aliphatic carbocycles. The fourth-order valence-electron chi connectivity index (χ4n) is 8.79. The summed E-state index contributed by atoms with van der Waals surface area (Å²) in [5.74, 6) is -2.67. The summed E-state index contributed by atoms with van der Waals surface area (Å²) in [6.07, 6.45) is 1.58. The molecule has 25 heteroatoms. The number of nitrogens with zero attached hydrogens (tertiary/aromatic N) is 2. The van der Waals surface area contributed by atoms with Crippen molar-refractivity contribution in [3.8, 4) is 23.0 Å². The van der Waals surface area contributed by atoms with E-state index in [4.69, 9.17) is 42.6 Å². The Morgan fingerprint density at radius 3 is 1.60 bits per heavy atom. The highest BCUT2D eigenvalue weighted by atomic mass is 16.6. The normalized spacial score (nSPS) is 15.4. The van der Waals surface area contributed by atoms with E-state index in [0.717, 1.165) is 0 Å². The zero-order valence-electron chi connectivity index (χ0n) is 48.7. The number of rotatable bonds is 26. The topological polar surface area (TPSA) is 303 Å². The van der Waals surface area contributed by atoms with Crippen molar-refractivity contribution < 1.29 is 85.8 Å². The van der Waals surface area contributed by atoms with Gasteiger partial charge in [-0.1, -0.05) is 38.6 Å². The van der Waals surface area contributed by atoms with Crippen molar-refractivity contribution in [3.05, 3.63) is 77.9 Å². The summed E-state index contributed by atoms with van der Waals surface area (Å²) in [6, 6.07) is 9.36. The Labute approximate surface area is 482 Å². The monoisotopic (exact) mass is 1160 g/mol. The minimum absolute atomic E-state index is 0.0134. The SMILES string of the molecule is C=CCOC(=O)NC(C(=O)NC(C)C(=O)Nc1ccc(COC(=O)Nc2cc(OCCCOc3cc(NC(=O)OC(C)(C)C)c(C(=O)N4CCCC4COC(C)=O)cc3OC)c(OC)cc2C(=O)N2CCCC2COC(C)=O)cc1)C(C)C. The van der Waals surface area contributed by atoms with E-state index in [2.05, 4.69) is 33.2 Å². The van der Waals surface area contributed by atoms with Crippen LogP contribution in [0, 0.1) is 5.92 Å². The van der Waals surface area contributed by atoms with E-state index in [0.29, 0.717) is 50.0 Å². The van der Waals surface area contributed by atoms with Crippen LogP contribution in [-0.4, -0.2) is 154 Å². The second-order valence-corrected chi connectivity index (χ2v) is 20.8. The highest BCUT2D eigenvalue weighted by molar-refractivity contribution is 6.05. The molecule has 0 bridgehead atoms. The summed E-state index contributed by atoms with van der Waals surface area (Å²) >= 11 is 0. The predicted molar refractivity (Wildman–Crippen MR) is 303 cm³/mol. The molecular formula is C58H77N7O18. The molecular weight excluding hydrogens is 1080 g/mol. The van der Waals surface area contributed by atoms with Gasteiger partial charge in [0.25, 0.3) is 11.8 Å². The summed E-state index contributed by atoms with van der Waals surface area (Å²) in [4.78, 5) is 120. The Bertz CT molecular complexity index is 2820. The van der Waals surface area contributed by atoms with Gasteiger partial charge in [0.1, 0.15) is 44.1 Å². The third kappa shape index (κ3) is 19.7. The minimum atomic E-state index is -0.996. The molecule has 5 rings (SSSR count). The lowest BCUT2D eigenvalue weighted by molar-refractivity contribution is -0.143. The fraction of sp³-hybridized carbons (Fsp3) is 0.500. The van der Waals surface area contributed by atoms with E-state index in [9.17, 15) is 43.2 Å². The zero-order valence-corrected chi connectivity index (χ0v) is 48.7. The van der Waals surface area contributed by atoms with Gasteiger partial charge in [0, 0.05) is 51.2 Å². The first-order valence-electron chi connectivity index (χ1n) is 27.2. The van der Waals surface area contributed by atoms with Crippen LogP contribution in [0.4, 0.5) is 31.4 Å². The number of carbonyl (C=O) groups excluding carboxylic acids is 9. The first kappa shape index (κ1) is 65.0. The maximum atomic E-state index is 14.3. The molecule has 0 saturated carbocycles. The van der Waals surface area contributed by atoms with Gasteiger partial charge in [0.2, 0.25) is 11.8 Å². The van der Waals surface area contributed by atoms with Crippen LogP contribution in [0.25, 0.3) is 0 Å². The van der Waals surface area contributed by atoms with Gasteiger partial charge in [-0.05, 0) is 89.1 Å². The number of esters is 2. The molecule has 452 valence electrons. The molecule has 0 radical (unpaired) electrons. The summed E-state index contributed by atoms with van der Waals surface area (Å²) in [6.45, 7) is 16.6. The molecule has 0 spiro atoms. The van der Waals surface area contributed by atoms with Gasteiger partial charge in [-0.15, -0.1) is 0 Å². The predicted octanol–water partition coefficient (Wildman–Crippen LogP) is 7.36. The smallest absolute Gasteiger partial charge is 0.412 e. The molecule has 3 aromatic rings. The maximum Gasteiger partial charge on any atom is 0.412 e. The van der Waals surface area contributed by atoms with Crippen molar-refractivity contribution in [2.75, 3.05) is 76.3 Å². The number of alkyl carbamates (subject to hydrolysis) is 1. The van der Waals surface area contributed by atoms with Gasteiger partial charge in [-0.3, -0.25) is 39.4 Å². The largest absolute Gasteiger partial charge is 0.493 e. The number of benzene rings is 3. The van der Waals surface area contributed by atoms with Gasteiger partial charge in [0.15, 0.2) is 23.0 Å². The summed E-state index contributed by atoms with van der Waals surface area (Å²) < 4.78 is 50.2. The molecule has 25 nitrogen and oxygen atoms in total. The molecule has 2 fully saturated rings. The van der Waals surface area contributed by atoms with Crippen molar-refractivity contribution in [1.82, 2.24) is 20.4 Å². The molecule has 2 aliphatic heterocycles. The molecule has 0 aromatic heterocycles. The van der Waals surface area contributed by atoms with Crippen molar-refractivity contribution in [2.24, 2.45) is 5.92 Å². The Morgan fingerprint density at radius 1 is 0.639 bits per heavy atom. The third-order valence-corrected chi connectivity index (χ3v) is 12.9. The van der Waals surface area contributed by atoms with Crippen molar-refractivity contribution in [1.29, 1.82) is 0 Å². The van der Waals surface area contributed by atoms with Crippen molar-refractivity contribution >= 4 is 70.9 Å². The first-order chi connectivity index (χ1) is 39.4. The Morgan fingerprint density at radius 2 is 1.14 bits per heavy atom. The van der Waals surface area contributed by atoms with Gasteiger partial charge < -0.3 is 68.4 Å². The Balaban J connectivity index is 1.28. The average molecular weight is 1160 g/mol. The molecule has 2 heterocycles. The number of likely N-dealkylation sites (tertiary alicyclic amines) is 2. The van der Waals surface area contributed by atoms with E-state index >= 15 is 0 Å². The quantitative estimate of drug-likeness (QED) is 0.0227. The number of anilines is 3. The molecule has 3 aromatic carbocycles. The number of amides is 7. The zero-order chi connectivity index (χ0) is 61.0. The number of hydrogen-bond donors (Lipinski definition) is 5. The van der Waals surface area contributed by atoms with E-state index in [-0.39, 0.29) is 104 Å². The highest BCUT2D eigenvalue weighted by Gasteiger charge is 2.35. The van der Waals surface area contributed by atoms with Crippen LogP contribution in [0.1, 0.15) is 114 Å². The van der Waals surface area contributed by atoms with E-state index in [1.165, 1.54) is 65.3 Å². The van der Waals surface area contributed by atoms with Crippen molar-refractivity contribution in [2.45, 2.75) is 124 Å². The Hall–Kier alpha value is -8.77. The number of nitrogens with one attached hydrogen (secondary N) is 5. The van der Waals surface area contributed by atoms with Crippen LogP contribution in [0.2, 0.25) is 0 Å². The van der Waals surface area contributed by atoms with E-state index < -0.39 is 77.6 Å². The van der Waals surface area contributed by atoms with Crippen LogP contribution < -0.4 is 45.5 Å². The first-order valence-corrected chi connectivity index (χ1v) is 27.2. The number of hydrogen-bond acceptors (Lipinski definition) is 18. The van der Waals surface area contributed by atoms with Crippen LogP contribution in [0.15, 0.2) is 61.2 Å². The summed E-state index contributed by atoms with van der Waals surface area (Å²) in [5.41, 5.74) is 0.279. The number of carbonyl (C=O) groups is 9. The fourth-order valence-corrected chi connectivity index (χ4v) is 8.79. The Kier molecular flexibility index (Phi) is 24.2. The highest BCUT2D eigenvalue weighted by Crippen LogP contribution is 2.38. The standard InChI is InChI=1S/C58H77N7O18/c1-12-24-79-56(73)63-50(34(2)3)52(69)59-35(4)51(68)60-39-20-18-38(19-21-39)31-82-55(72)61-44-29-48(46(75-10)27-42(44)53(70)64-22-13-16-40(64)32-80-36(5)66)77-25-15-26-78-49-30-45(62-57(74)83-58(7,8)9)43(28-47(49)76-11)54(71)65-23-14-17-41(65)33-81-37(6)67/h12,18-21,27-30,34-35,40-41,50H,1,13-17,22-26,31-33H2,2-11H3,(H,59,69)(H,60,68)(H,61,72)(H,62,74)(H,63,73). The van der Waals surface area contributed by atoms with Crippen molar-refractivity contribution in [3.63, 3.8) is 0 Å². The molecule has 5 N–H and O–H groups in total. The number of methoxy groups -OCH3 is 2. The molecule has 7 amide bonds. The number of ether oxygens (including phenoxy) is 9.